The summed E-state index contributed by atoms with van der Waals surface area (Å²) in [6, 6.07) is 3.68. The van der Waals surface area contributed by atoms with Crippen LogP contribution in [0.15, 0.2) is 29.2 Å². The zero-order valence-electron chi connectivity index (χ0n) is 11.2. The molecule has 1 aromatic rings. The molecule has 0 radical (unpaired) electrons. The van der Waals surface area contributed by atoms with Crippen LogP contribution in [0.3, 0.4) is 0 Å². The number of rotatable bonds is 6. The van der Waals surface area contributed by atoms with E-state index in [0.29, 0.717) is 12.6 Å². The molecule has 20 heavy (non-hydrogen) atoms. The summed E-state index contributed by atoms with van der Waals surface area (Å²) in [6.45, 7) is 2.58. The Hall–Kier alpha value is -1.12. The monoisotopic (exact) mass is 310 g/mol. The molecule has 2 N–H and O–H groups in total. The second-order valence-corrected chi connectivity index (χ2v) is 6.31. The highest BCUT2D eigenvalue weighted by Gasteiger charge is 2.31. The lowest BCUT2D eigenvalue weighted by Gasteiger charge is -2.13. The molecule has 114 valence electrons. The molecular formula is C12H17F3N2O2S. The van der Waals surface area contributed by atoms with Gasteiger partial charge in [0.25, 0.3) is 0 Å². The fraction of sp³-hybridized carbons (Fsp3) is 0.500. The summed E-state index contributed by atoms with van der Waals surface area (Å²) >= 11 is 0. The minimum atomic E-state index is -4.56. The van der Waals surface area contributed by atoms with Gasteiger partial charge in [-0.25, -0.2) is 13.1 Å². The first-order valence-electron chi connectivity index (χ1n) is 5.98. The molecule has 0 saturated carbocycles. The van der Waals surface area contributed by atoms with Gasteiger partial charge in [-0.05, 0) is 37.7 Å². The van der Waals surface area contributed by atoms with Crippen molar-refractivity contribution in [1.29, 1.82) is 0 Å². The second-order valence-electron chi connectivity index (χ2n) is 4.54. The largest absolute Gasteiger partial charge is 0.416 e. The third kappa shape index (κ3) is 4.77. The van der Waals surface area contributed by atoms with E-state index in [1.54, 1.807) is 7.05 Å². The molecule has 1 rings (SSSR count). The van der Waals surface area contributed by atoms with Crippen LogP contribution < -0.4 is 10.0 Å². The van der Waals surface area contributed by atoms with Crippen LogP contribution in [-0.4, -0.2) is 28.6 Å². The maximum absolute atomic E-state index is 12.5. The number of sulfonamides is 1. The molecule has 0 aliphatic heterocycles. The highest BCUT2D eigenvalue weighted by Crippen LogP contribution is 2.30. The van der Waals surface area contributed by atoms with Crippen molar-refractivity contribution < 1.29 is 21.6 Å². The Kier molecular flexibility index (Phi) is 5.55. The molecule has 0 fully saturated rings. The number of nitrogens with one attached hydrogen (secondary N) is 2. The van der Waals surface area contributed by atoms with Gasteiger partial charge in [0.1, 0.15) is 0 Å². The van der Waals surface area contributed by atoms with Gasteiger partial charge in [0.2, 0.25) is 10.0 Å². The van der Waals surface area contributed by atoms with E-state index in [1.165, 1.54) is 0 Å². The van der Waals surface area contributed by atoms with Gasteiger partial charge < -0.3 is 5.32 Å². The SMILES string of the molecule is CNCC(C)CNS(=O)(=O)c1cccc(C(F)(F)F)c1. The number of alkyl halides is 3. The molecule has 8 heteroatoms. The summed E-state index contributed by atoms with van der Waals surface area (Å²) in [6.07, 6.45) is -4.56. The Bertz CT molecular complexity index is 544. The van der Waals surface area contributed by atoms with Gasteiger partial charge in [0, 0.05) is 6.54 Å². The zero-order valence-corrected chi connectivity index (χ0v) is 12.0. The predicted molar refractivity (Wildman–Crippen MR) is 69.7 cm³/mol. The first kappa shape index (κ1) is 16.9. The van der Waals surface area contributed by atoms with Crippen LogP contribution in [0.5, 0.6) is 0 Å². The Morgan fingerprint density at radius 3 is 2.45 bits per heavy atom. The van der Waals surface area contributed by atoms with Crippen molar-refractivity contribution in [2.45, 2.75) is 18.0 Å². The molecule has 1 aromatic carbocycles. The van der Waals surface area contributed by atoms with Crippen molar-refractivity contribution >= 4 is 10.0 Å². The maximum Gasteiger partial charge on any atom is 0.416 e. The fourth-order valence-corrected chi connectivity index (χ4v) is 2.81. The quantitative estimate of drug-likeness (QED) is 0.843. The van der Waals surface area contributed by atoms with E-state index in [9.17, 15) is 21.6 Å². The topological polar surface area (TPSA) is 58.2 Å². The van der Waals surface area contributed by atoms with Crippen molar-refractivity contribution in [2.24, 2.45) is 5.92 Å². The van der Waals surface area contributed by atoms with Crippen LogP contribution in [-0.2, 0) is 16.2 Å². The predicted octanol–water partition coefficient (Wildman–Crippen LogP) is 1.84. The van der Waals surface area contributed by atoms with Gasteiger partial charge in [0.15, 0.2) is 0 Å². The number of benzene rings is 1. The highest BCUT2D eigenvalue weighted by molar-refractivity contribution is 7.89. The molecule has 0 aromatic heterocycles. The smallest absolute Gasteiger partial charge is 0.319 e. The summed E-state index contributed by atoms with van der Waals surface area (Å²) < 4.78 is 63.8. The minimum absolute atomic E-state index is 0.0283. The third-order valence-corrected chi connectivity index (χ3v) is 4.07. The van der Waals surface area contributed by atoms with E-state index < -0.39 is 21.8 Å². The summed E-state index contributed by atoms with van der Waals surface area (Å²) in [7, 11) is -2.20. The number of hydrogen-bond donors (Lipinski definition) is 2. The number of hydrogen-bond acceptors (Lipinski definition) is 3. The van der Waals surface area contributed by atoms with Crippen LogP contribution in [0.1, 0.15) is 12.5 Å². The Morgan fingerprint density at radius 2 is 1.90 bits per heavy atom. The lowest BCUT2D eigenvalue weighted by Crippen LogP contribution is -2.32. The van der Waals surface area contributed by atoms with Crippen molar-refractivity contribution in [3.05, 3.63) is 29.8 Å². The van der Waals surface area contributed by atoms with Gasteiger partial charge in [-0.2, -0.15) is 13.2 Å². The van der Waals surface area contributed by atoms with Crippen LogP contribution in [0.2, 0.25) is 0 Å². The highest BCUT2D eigenvalue weighted by atomic mass is 32.2. The average molecular weight is 310 g/mol. The summed E-state index contributed by atoms with van der Waals surface area (Å²) in [5.74, 6) is 0.0283. The van der Waals surface area contributed by atoms with Crippen molar-refractivity contribution in [3.63, 3.8) is 0 Å². The average Bonchev–Trinajstić information content (AvgIpc) is 2.36. The normalized spacial score (nSPS) is 14.2. The number of halogens is 3. The molecule has 1 atom stereocenters. The second kappa shape index (κ2) is 6.55. The molecular weight excluding hydrogens is 293 g/mol. The van der Waals surface area contributed by atoms with E-state index in [1.807, 2.05) is 6.92 Å². The molecule has 1 unspecified atom stereocenters. The van der Waals surface area contributed by atoms with Gasteiger partial charge in [-0.3, -0.25) is 0 Å². The summed E-state index contributed by atoms with van der Waals surface area (Å²) in [5.41, 5.74) is -0.983. The molecule has 0 bridgehead atoms. The standard InChI is InChI=1S/C12H17F3N2O2S/c1-9(7-16-2)8-17-20(18,19)11-5-3-4-10(6-11)12(13,14)15/h3-6,9,16-17H,7-8H2,1-2H3. The maximum atomic E-state index is 12.5. The van der Waals surface area contributed by atoms with Gasteiger partial charge in [-0.1, -0.05) is 13.0 Å². The van der Waals surface area contributed by atoms with Crippen LogP contribution >= 0.6 is 0 Å². The van der Waals surface area contributed by atoms with E-state index in [0.717, 1.165) is 18.2 Å². The van der Waals surface area contributed by atoms with Crippen LogP contribution in [0.25, 0.3) is 0 Å². The first-order valence-corrected chi connectivity index (χ1v) is 7.46. The van der Waals surface area contributed by atoms with E-state index >= 15 is 0 Å². The Balaban J connectivity index is 2.88. The van der Waals surface area contributed by atoms with Gasteiger partial charge in [0.05, 0.1) is 10.5 Å². The van der Waals surface area contributed by atoms with E-state index in [-0.39, 0.29) is 17.4 Å². The van der Waals surface area contributed by atoms with E-state index in [2.05, 4.69) is 10.0 Å². The molecule has 0 saturated heterocycles. The minimum Gasteiger partial charge on any atom is -0.319 e. The summed E-state index contributed by atoms with van der Waals surface area (Å²) in [5, 5.41) is 2.89. The first-order chi connectivity index (χ1) is 9.16. The molecule has 4 nitrogen and oxygen atoms in total. The molecule has 0 aliphatic rings. The van der Waals surface area contributed by atoms with Gasteiger partial charge >= 0.3 is 6.18 Å². The molecule has 0 heterocycles. The van der Waals surface area contributed by atoms with Crippen LogP contribution in [0, 0.1) is 5.92 Å². The van der Waals surface area contributed by atoms with Crippen molar-refractivity contribution in [3.8, 4) is 0 Å². The Morgan fingerprint density at radius 1 is 1.25 bits per heavy atom. The lowest BCUT2D eigenvalue weighted by molar-refractivity contribution is -0.137. The fourth-order valence-electron chi connectivity index (χ4n) is 1.60. The van der Waals surface area contributed by atoms with Crippen LogP contribution in [0.4, 0.5) is 13.2 Å². The summed E-state index contributed by atoms with van der Waals surface area (Å²) in [4.78, 5) is -0.385. The zero-order chi connectivity index (χ0) is 15.4. The third-order valence-electron chi connectivity index (χ3n) is 2.65. The van der Waals surface area contributed by atoms with Crippen molar-refractivity contribution in [2.75, 3.05) is 20.1 Å². The molecule has 0 amide bonds. The lowest BCUT2D eigenvalue weighted by atomic mass is 10.2. The van der Waals surface area contributed by atoms with E-state index in [4.69, 9.17) is 0 Å². The molecule has 0 spiro atoms. The van der Waals surface area contributed by atoms with Gasteiger partial charge in [-0.15, -0.1) is 0 Å². The Labute approximate surface area is 116 Å². The molecule has 0 aliphatic carbocycles. The van der Waals surface area contributed by atoms with Crippen molar-refractivity contribution in [1.82, 2.24) is 10.0 Å².